The highest BCUT2D eigenvalue weighted by molar-refractivity contribution is 5.49. The largest absolute Gasteiger partial charge is 0.225 e. The lowest BCUT2D eigenvalue weighted by Gasteiger charge is -2.00. The second-order valence-corrected chi connectivity index (χ2v) is 3.07. The number of aromatic amines is 1. The first-order chi connectivity index (χ1) is 7.93. The fourth-order valence-corrected chi connectivity index (χ4v) is 1.35. The van der Waals surface area contributed by atoms with Crippen molar-refractivity contribution >= 4 is 0 Å². The lowest BCUT2D eigenvalue weighted by Crippen LogP contribution is -1.99. The van der Waals surface area contributed by atoms with Gasteiger partial charge in [0.1, 0.15) is 5.69 Å². The summed E-state index contributed by atoms with van der Waals surface area (Å²) in [5.41, 5.74) is 0.654. The Balaban J connectivity index is 2.07. The van der Waals surface area contributed by atoms with Gasteiger partial charge in [0.25, 0.3) is 0 Å². The second-order valence-electron chi connectivity index (χ2n) is 3.07. The van der Waals surface area contributed by atoms with Gasteiger partial charge in [-0.05, 0) is 23.4 Å². The number of pyridine rings is 1. The smallest absolute Gasteiger partial charge is 0.223 e. The Labute approximate surface area is 90.1 Å². The van der Waals surface area contributed by atoms with Crippen LogP contribution in [0.15, 0.2) is 36.7 Å². The second kappa shape index (κ2) is 3.54. The molecular weight excluding hydrogens is 206 g/mol. The number of hydrogen-bond donors (Lipinski definition) is 1. The standard InChI is InChI=1S/C9H7N7/c1-3-7(9-12-14-15-13-9)11-8(4-1)16-6-2-5-10-16/h1-6H,(H,12,13,14,15). The van der Waals surface area contributed by atoms with Crippen LogP contribution in [0.25, 0.3) is 17.3 Å². The van der Waals surface area contributed by atoms with E-state index in [9.17, 15) is 0 Å². The van der Waals surface area contributed by atoms with Crippen molar-refractivity contribution in [2.45, 2.75) is 0 Å². The summed E-state index contributed by atoms with van der Waals surface area (Å²) in [6.07, 6.45) is 3.52. The van der Waals surface area contributed by atoms with Crippen LogP contribution in [-0.2, 0) is 0 Å². The number of aromatic nitrogens is 7. The first-order valence-corrected chi connectivity index (χ1v) is 4.64. The van der Waals surface area contributed by atoms with E-state index in [0.717, 1.165) is 0 Å². The SMILES string of the molecule is c1cc(-c2nn[nH]n2)nc(-n2cccn2)c1. The first-order valence-electron chi connectivity index (χ1n) is 4.64. The van der Waals surface area contributed by atoms with Crippen LogP contribution in [0.4, 0.5) is 0 Å². The van der Waals surface area contributed by atoms with Crippen LogP contribution >= 0.6 is 0 Å². The minimum atomic E-state index is 0.467. The third-order valence-corrected chi connectivity index (χ3v) is 2.05. The lowest BCUT2D eigenvalue weighted by molar-refractivity contribution is 0.847. The van der Waals surface area contributed by atoms with Gasteiger partial charge in [-0.3, -0.25) is 0 Å². The number of H-pyrrole nitrogens is 1. The van der Waals surface area contributed by atoms with Gasteiger partial charge in [-0.15, -0.1) is 10.2 Å². The maximum atomic E-state index is 4.37. The third kappa shape index (κ3) is 1.44. The molecule has 7 nitrogen and oxygen atoms in total. The number of nitrogens with zero attached hydrogens (tertiary/aromatic N) is 6. The Morgan fingerprint density at radius 3 is 2.94 bits per heavy atom. The predicted molar refractivity (Wildman–Crippen MR) is 54.5 cm³/mol. The van der Waals surface area contributed by atoms with E-state index in [0.29, 0.717) is 17.3 Å². The lowest BCUT2D eigenvalue weighted by atomic mass is 10.3. The highest BCUT2D eigenvalue weighted by Gasteiger charge is 2.05. The molecule has 0 aliphatic rings. The summed E-state index contributed by atoms with van der Waals surface area (Å²) >= 11 is 0. The maximum absolute atomic E-state index is 4.37. The van der Waals surface area contributed by atoms with Crippen molar-refractivity contribution in [3.05, 3.63) is 36.7 Å². The quantitative estimate of drug-likeness (QED) is 0.667. The molecule has 0 aliphatic carbocycles. The highest BCUT2D eigenvalue weighted by Crippen LogP contribution is 2.11. The first kappa shape index (κ1) is 8.72. The summed E-state index contributed by atoms with van der Waals surface area (Å²) in [5, 5.41) is 17.7. The molecule has 0 fully saturated rings. The molecule has 1 N–H and O–H groups in total. The van der Waals surface area contributed by atoms with E-state index < -0.39 is 0 Å². The topological polar surface area (TPSA) is 85.2 Å². The summed E-state index contributed by atoms with van der Waals surface area (Å²) in [5.74, 6) is 1.18. The molecule has 3 rings (SSSR count). The molecule has 0 aromatic carbocycles. The molecule has 7 heteroatoms. The molecule has 0 saturated heterocycles. The Morgan fingerprint density at radius 1 is 1.19 bits per heavy atom. The van der Waals surface area contributed by atoms with Crippen molar-refractivity contribution in [1.82, 2.24) is 35.4 Å². The molecule has 16 heavy (non-hydrogen) atoms. The van der Waals surface area contributed by atoms with Crippen molar-refractivity contribution < 1.29 is 0 Å². The van der Waals surface area contributed by atoms with Crippen LogP contribution in [0.5, 0.6) is 0 Å². The summed E-state index contributed by atoms with van der Waals surface area (Å²) in [7, 11) is 0. The normalized spacial score (nSPS) is 10.5. The van der Waals surface area contributed by atoms with Crippen LogP contribution in [0, 0.1) is 0 Å². The van der Waals surface area contributed by atoms with Gasteiger partial charge in [-0.2, -0.15) is 10.3 Å². The van der Waals surface area contributed by atoms with Crippen molar-refractivity contribution in [1.29, 1.82) is 0 Å². The molecule has 0 unspecified atom stereocenters. The third-order valence-electron chi connectivity index (χ3n) is 2.05. The van der Waals surface area contributed by atoms with Crippen LogP contribution in [0.1, 0.15) is 0 Å². The molecule has 78 valence electrons. The van der Waals surface area contributed by atoms with E-state index in [4.69, 9.17) is 0 Å². The van der Waals surface area contributed by atoms with Crippen LogP contribution in [0.2, 0.25) is 0 Å². The van der Waals surface area contributed by atoms with Gasteiger partial charge in [0.2, 0.25) is 5.82 Å². The number of rotatable bonds is 2. The van der Waals surface area contributed by atoms with Crippen molar-refractivity contribution in [3.8, 4) is 17.3 Å². The van der Waals surface area contributed by atoms with Gasteiger partial charge in [-0.25, -0.2) is 9.67 Å². The van der Waals surface area contributed by atoms with Crippen LogP contribution < -0.4 is 0 Å². The molecule has 0 aliphatic heterocycles. The van der Waals surface area contributed by atoms with E-state index in [2.05, 4.69) is 30.7 Å². The zero-order valence-electron chi connectivity index (χ0n) is 8.15. The molecule has 3 heterocycles. The molecule has 0 atom stereocenters. The van der Waals surface area contributed by atoms with Gasteiger partial charge in [0, 0.05) is 12.4 Å². The summed E-state index contributed by atoms with van der Waals surface area (Å²) in [6.45, 7) is 0. The average molecular weight is 213 g/mol. The van der Waals surface area contributed by atoms with Gasteiger partial charge < -0.3 is 0 Å². The Hall–Kier alpha value is -2.57. The highest BCUT2D eigenvalue weighted by atomic mass is 15.5. The van der Waals surface area contributed by atoms with Gasteiger partial charge in [0.15, 0.2) is 5.82 Å². The van der Waals surface area contributed by atoms with E-state index >= 15 is 0 Å². The minimum Gasteiger partial charge on any atom is -0.225 e. The zero-order chi connectivity index (χ0) is 10.8. The fraction of sp³-hybridized carbons (Fsp3) is 0. The molecule has 0 amide bonds. The number of tetrazole rings is 1. The molecular formula is C9H7N7. The Kier molecular flexibility index (Phi) is 1.93. The van der Waals surface area contributed by atoms with Crippen LogP contribution in [-0.4, -0.2) is 35.4 Å². The predicted octanol–water partition coefficient (Wildman–Crippen LogP) is 0.447. The molecule has 0 spiro atoms. The van der Waals surface area contributed by atoms with Gasteiger partial charge in [-0.1, -0.05) is 6.07 Å². The van der Waals surface area contributed by atoms with E-state index in [1.165, 1.54) is 0 Å². The summed E-state index contributed by atoms with van der Waals surface area (Å²) < 4.78 is 1.67. The molecule has 0 saturated carbocycles. The van der Waals surface area contributed by atoms with Crippen molar-refractivity contribution in [2.24, 2.45) is 0 Å². The molecule has 3 aromatic rings. The summed E-state index contributed by atoms with van der Waals surface area (Å²) in [6, 6.07) is 7.38. The molecule has 3 aromatic heterocycles. The van der Waals surface area contributed by atoms with E-state index in [-0.39, 0.29) is 0 Å². The Morgan fingerprint density at radius 2 is 2.19 bits per heavy atom. The van der Waals surface area contributed by atoms with Crippen LogP contribution in [0.3, 0.4) is 0 Å². The zero-order valence-corrected chi connectivity index (χ0v) is 8.15. The fourth-order valence-electron chi connectivity index (χ4n) is 1.35. The maximum Gasteiger partial charge on any atom is 0.223 e. The Bertz CT molecular complexity index is 520. The van der Waals surface area contributed by atoms with Gasteiger partial charge in [0.05, 0.1) is 0 Å². The van der Waals surface area contributed by atoms with E-state index in [1.807, 2.05) is 30.5 Å². The number of nitrogens with one attached hydrogen (secondary N) is 1. The van der Waals surface area contributed by atoms with Gasteiger partial charge >= 0.3 is 0 Å². The molecule has 0 radical (unpaired) electrons. The van der Waals surface area contributed by atoms with Crippen molar-refractivity contribution in [2.75, 3.05) is 0 Å². The summed E-state index contributed by atoms with van der Waals surface area (Å²) in [4.78, 5) is 4.37. The molecule has 0 bridgehead atoms. The monoisotopic (exact) mass is 213 g/mol. The average Bonchev–Trinajstić information content (AvgIpc) is 3.03. The number of hydrogen-bond acceptors (Lipinski definition) is 5. The van der Waals surface area contributed by atoms with E-state index in [1.54, 1.807) is 10.9 Å². The van der Waals surface area contributed by atoms with Crippen molar-refractivity contribution in [3.63, 3.8) is 0 Å². The minimum absolute atomic E-state index is 0.467.